The van der Waals surface area contributed by atoms with Gasteiger partial charge in [0.1, 0.15) is 17.1 Å². The summed E-state index contributed by atoms with van der Waals surface area (Å²) in [5.74, 6) is 0.852. The van der Waals surface area contributed by atoms with Crippen LogP contribution in [0.2, 0.25) is 0 Å². The Morgan fingerprint density at radius 1 is 1.44 bits per heavy atom. The van der Waals surface area contributed by atoms with E-state index < -0.39 is 0 Å². The highest BCUT2D eigenvalue weighted by Gasteiger charge is 2.10. The molecule has 0 fully saturated rings. The van der Waals surface area contributed by atoms with Crippen molar-refractivity contribution in [2.75, 3.05) is 11.9 Å². The van der Waals surface area contributed by atoms with Crippen LogP contribution in [0.15, 0.2) is 36.8 Å². The van der Waals surface area contributed by atoms with Gasteiger partial charge in [-0.1, -0.05) is 24.4 Å². The highest BCUT2D eigenvalue weighted by atomic mass is 127. The minimum Gasteiger partial charge on any atom is -0.389 e. The van der Waals surface area contributed by atoms with Crippen molar-refractivity contribution in [1.29, 1.82) is 0 Å². The smallest absolute Gasteiger partial charge is 0.149 e. The summed E-state index contributed by atoms with van der Waals surface area (Å²) >= 11 is 7.19. The molecule has 1 aromatic heterocycles. The fraction of sp³-hybridized carbons (Fsp3) is 0.0833. The Labute approximate surface area is 124 Å². The molecule has 6 heteroatoms. The number of hydrogen-bond donors (Lipinski definition) is 1. The molecule has 1 aromatic carbocycles. The molecule has 1 heterocycles. The van der Waals surface area contributed by atoms with E-state index in [1.165, 1.54) is 6.33 Å². The third kappa shape index (κ3) is 2.75. The molecule has 2 rings (SSSR count). The van der Waals surface area contributed by atoms with Crippen LogP contribution >= 0.6 is 34.8 Å². The molecule has 2 aromatic rings. The molecule has 0 aliphatic rings. The third-order valence-corrected chi connectivity index (χ3v) is 3.48. The molecule has 2 N–H and O–H groups in total. The van der Waals surface area contributed by atoms with E-state index in [9.17, 15) is 0 Å². The van der Waals surface area contributed by atoms with Crippen LogP contribution in [0.4, 0.5) is 11.5 Å². The number of anilines is 2. The lowest BCUT2D eigenvalue weighted by Crippen LogP contribution is -2.15. The van der Waals surface area contributed by atoms with Gasteiger partial charge in [0, 0.05) is 24.5 Å². The number of nitrogens with zero attached hydrogens (tertiary/aromatic N) is 3. The Bertz CT molecular complexity index is 588. The van der Waals surface area contributed by atoms with E-state index in [1.54, 1.807) is 6.20 Å². The van der Waals surface area contributed by atoms with Crippen molar-refractivity contribution in [3.8, 4) is 0 Å². The molecule has 0 aliphatic carbocycles. The van der Waals surface area contributed by atoms with Crippen LogP contribution in [-0.4, -0.2) is 22.0 Å². The highest BCUT2D eigenvalue weighted by molar-refractivity contribution is 14.1. The average Bonchev–Trinajstić information content (AvgIpc) is 2.38. The fourth-order valence-electron chi connectivity index (χ4n) is 1.54. The van der Waals surface area contributed by atoms with E-state index >= 15 is 0 Å². The summed E-state index contributed by atoms with van der Waals surface area (Å²) in [7, 11) is 1.95. The second-order valence-electron chi connectivity index (χ2n) is 3.67. The number of thiocarbonyl (C=S) groups is 1. The summed E-state index contributed by atoms with van der Waals surface area (Å²) in [5, 5.41) is 0. The predicted molar refractivity (Wildman–Crippen MR) is 85.1 cm³/mol. The predicted octanol–water partition coefficient (Wildman–Crippen LogP) is 2.48. The molecule has 0 amide bonds. The number of hydrogen-bond acceptors (Lipinski definition) is 4. The number of benzene rings is 1. The standard InChI is InChI=1S/C12H11IN4S/c1-17(12-10(13)6-15-7-16-12)9-4-2-3-8(5-9)11(14)18/h2-7H,1H3,(H2,14,18). The van der Waals surface area contributed by atoms with Crippen LogP contribution in [0.25, 0.3) is 0 Å². The maximum absolute atomic E-state index is 5.64. The maximum atomic E-state index is 5.64. The van der Waals surface area contributed by atoms with Gasteiger partial charge in [-0.2, -0.15) is 0 Å². The van der Waals surface area contributed by atoms with E-state index in [0.29, 0.717) is 4.99 Å². The van der Waals surface area contributed by atoms with Gasteiger partial charge in [-0.25, -0.2) is 9.97 Å². The summed E-state index contributed by atoms with van der Waals surface area (Å²) < 4.78 is 0.985. The van der Waals surface area contributed by atoms with Crippen molar-refractivity contribution < 1.29 is 0 Å². The largest absolute Gasteiger partial charge is 0.389 e. The first-order chi connectivity index (χ1) is 8.59. The summed E-state index contributed by atoms with van der Waals surface area (Å²) in [4.78, 5) is 10.6. The van der Waals surface area contributed by atoms with Gasteiger partial charge in [0.2, 0.25) is 0 Å². The highest BCUT2D eigenvalue weighted by Crippen LogP contribution is 2.25. The fourth-order valence-corrected chi connectivity index (χ4v) is 2.33. The third-order valence-electron chi connectivity index (χ3n) is 2.48. The second kappa shape index (κ2) is 5.57. The molecule has 0 aliphatic heterocycles. The van der Waals surface area contributed by atoms with Crippen molar-refractivity contribution in [1.82, 2.24) is 9.97 Å². The van der Waals surface area contributed by atoms with Crippen molar-refractivity contribution in [3.05, 3.63) is 45.9 Å². The second-order valence-corrected chi connectivity index (χ2v) is 5.27. The van der Waals surface area contributed by atoms with Gasteiger partial charge >= 0.3 is 0 Å². The molecule has 92 valence electrons. The molecule has 0 radical (unpaired) electrons. The van der Waals surface area contributed by atoms with E-state index in [4.69, 9.17) is 18.0 Å². The lowest BCUT2D eigenvalue weighted by Gasteiger charge is -2.19. The van der Waals surface area contributed by atoms with Gasteiger partial charge in [0.05, 0.1) is 3.57 Å². The van der Waals surface area contributed by atoms with Crippen molar-refractivity contribution >= 4 is 51.3 Å². The van der Waals surface area contributed by atoms with Gasteiger partial charge < -0.3 is 10.6 Å². The minimum atomic E-state index is 0.391. The zero-order chi connectivity index (χ0) is 13.1. The first-order valence-electron chi connectivity index (χ1n) is 5.18. The normalized spacial score (nSPS) is 10.1. The van der Waals surface area contributed by atoms with Gasteiger partial charge in [-0.05, 0) is 34.7 Å². The van der Waals surface area contributed by atoms with Crippen LogP contribution in [0.5, 0.6) is 0 Å². The average molecular weight is 370 g/mol. The van der Waals surface area contributed by atoms with Crippen LogP contribution in [0.3, 0.4) is 0 Å². The van der Waals surface area contributed by atoms with Gasteiger partial charge in [-0.3, -0.25) is 0 Å². The van der Waals surface area contributed by atoms with Gasteiger partial charge in [0.25, 0.3) is 0 Å². The Morgan fingerprint density at radius 2 is 2.22 bits per heavy atom. The zero-order valence-electron chi connectivity index (χ0n) is 9.67. The Hall–Kier alpha value is -1.28. The lowest BCUT2D eigenvalue weighted by molar-refractivity contribution is 1.06. The molecule has 0 bridgehead atoms. The van der Waals surface area contributed by atoms with Crippen molar-refractivity contribution in [3.63, 3.8) is 0 Å². The monoisotopic (exact) mass is 370 g/mol. The van der Waals surface area contributed by atoms with Crippen LogP contribution in [-0.2, 0) is 0 Å². The summed E-state index contributed by atoms with van der Waals surface area (Å²) in [5.41, 5.74) is 7.47. The Morgan fingerprint density at radius 3 is 2.89 bits per heavy atom. The van der Waals surface area contributed by atoms with E-state index in [1.807, 2.05) is 36.2 Å². The zero-order valence-corrected chi connectivity index (χ0v) is 12.6. The number of nitrogens with two attached hydrogens (primary N) is 1. The molecular weight excluding hydrogens is 359 g/mol. The first kappa shape index (κ1) is 13.2. The number of aromatic nitrogens is 2. The van der Waals surface area contributed by atoms with E-state index in [2.05, 4.69) is 32.6 Å². The SMILES string of the molecule is CN(c1cccc(C(N)=S)c1)c1ncncc1I. The van der Waals surface area contributed by atoms with Gasteiger partial charge in [0.15, 0.2) is 0 Å². The summed E-state index contributed by atoms with van der Waals surface area (Å²) in [6, 6.07) is 7.75. The molecule has 0 unspecified atom stereocenters. The van der Waals surface area contributed by atoms with Crippen LogP contribution in [0, 0.1) is 3.57 Å². The quantitative estimate of drug-likeness (QED) is 0.665. The molecule has 0 spiro atoms. The van der Waals surface area contributed by atoms with E-state index in [0.717, 1.165) is 20.6 Å². The number of rotatable bonds is 3. The van der Waals surface area contributed by atoms with E-state index in [-0.39, 0.29) is 0 Å². The summed E-state index contributed by atoms with van der Waals surface area (Å²) in [6.07, 6.45) is 3.31. The minimum absolute atomic E-state index is 0.391. The van der Waals surface area contributed by atoms with Gasteiger partial charge in [-0.15, -0.1) is 0 Å². The maximum Gasteiger partial charge on any atom is 0.149 e. The molecule has 0 saturated heterocycles. The Kier molecular flexibility index (Phi) is 4.07. The first-order valence-corrected chi connectivity index (χ1v) is 6.67. The Balaban J connectivity index is 2.40. The van der Waals surface area contributed by atoms with Crippen LogP contribution < -0.4 is 10.6 Å². The molecular formula is C12H11IN4S. The molecule has 0 atom stereocenters. The molecule has 4 nitrogen and oxygen atoms in total. The topological polar surface area (TPSA) is 55.0 Å². The molecule has 0 saturated carbocycles. The number of halogens is 1. The lowest BCUT2D eigenvalue weighted by atomic mass is 10.2. The van der Waals surface area contributed by atoms with Crippen molar-refractivity contribution in [2.24, 2.45) is 5.73 Å². The molecule has 18 heavy (non-hydrogen) atoms. The summed E-state index contributed by atoms with van der Waals surface area (Å²) in [6.45, 7) is 0. The van der Waals surface area contributed by atoms with Crippen molar-refractivity contribution in [2.45, 2.75) is 0 Å². The van der Waals surface area contributed by atoms with Crippen LogP contribution in [0.1, 0.15) is 5.56 Å².